The van der Waals surface area contributed by atoms with Crippen LogP contribution < -0.4 is 4.74 Å². The molecular formula is C14H15ClO3. The van der Waals surface area contributed by atoms with Crippen LogP contribution in [0.3, 0.4) is 0 Å². The Bertz CT molecular complexity index is 458. The number of allylic oxidation sites excluding steroid dienone is 1. The van der Waals surface area contributed by atoms with Gasteiger partial charge in [-0.25, -0.2) is 4.79 Å². The summed E-state index contributed by atoms with van der Waals surface area (Å²) in [5.41, 5.74) is 0.994. The fourth-order valence-electron chi connectivity index (χ4n) is 2.13. The molecule has 0 unspecified atom stereocenters. The van der Waals surface area contributed by atoms with Crippen molar-refractivity contribution in [2.24, 2.45) is 0 Å². The Hall–Kier alpha value is -1.48. The van der Waals surface area contributed by atoms with Gasteiger partial charge in [0.1, 0.15) is 5.75 Å². The number of ether oxygens (including phenoxy) is 1. The first-order valence-electron chi connectivity index (χ1n) is 5.98. The summed E-state index contributed by atoms with van der Waals surface area (Å²) in [6.07, 6.45) is 4.75. The Labute approximate surface area is 111 Å². The number of halogens is 1. The van der Waals surface area contributed by atoms with Crippen LogP contribution in [0.15, 0.2) is 35.9 Å². The third kappa shape index (κ3) is 3.77. The molecule has 0 radical (unpaired) electrons. The summed E-state index contributed by atoms with van der Waals surface area (Å²) >= 11 is 5.89. The lowest BCUT2D eigenvalue weighted by atomic mass is 9.92. The van der Waals surface area contributed by atoms with Crippen LogP contribution in [0.5, 0.6) is 5.75 Å². The van der Waals surface area contributed by atoms with E-state index in [1.165, 1.54) is 6.08 Å². The molecule has 2 rings (SSSR count). The second kappa shape index (κ2) is 5.91. The number of aliphatic carboxylic acids is 1. The molecule has 18 heavy (non-hydrogen) atoms. The predicted molar refractivity (Wildman–Crippen MR) is 70.1 cm³/mol. The van der Waals surface area contributed by atoms with Gasteiger partial charge < -0.3 is 9.84 Å². The van der Waals surface area contributed by atoms with Crippen LogP contribution in [-0.4, -0.2) is 17.2 Å². The van der Waals surface area contributed by atoms with Crippen molar-refractivity contribution in [1.82, 2.24) is 0 Å². The highest BCUT2D eigenvalue weighted by atomic mass is 35.5. The number of carboxylic acids is 1. The molecule has 0 bridgehead atoms. The van der Waals surface area contributed by atoms with Crippen molar-refractivity contribution >= 4 is 17.6 Å². The van der Waals surface area contributed by atoms with Crippen molar-refractivity contribution in [2.45, 2.75) is 31.8 Å². The minimum Gasteiger partial charge on any atom is -0.490 e. The third-order valence-corrected chi connectivity index (χ3v) is 3.24. The first kappa shape index (κ1) is 13.0. The van der Waals surface area contributed by atoms with Gasteiger partial charge >= 0.3 is 5.97 Å². The molecule has 0 amide bonds. The second-order valence-corrected chi connectivity index (χ2v) is 4.85. The molecule has 1 N–H and O–H groups in total. The zero-order valence-corrected chi connectivity index (χ0v) is 10.7. The van der Waals surface area contributed by atoms with E-state index >= 15 is 0 Å². The average molecular weight is 267 g/mol. The molecule has 0 saturated heterocycles. The fourth-order valence-corrected chi connectivity index (χ4v) is 2.31. The predicted octanol–water partition coefficient (Wildman–Crippen LogP) is 3.67. The summed E-state index contributed by atoms with van der Waals surface area (Å²) in [6.45, 7) is 0. The molecule has 1 aliphatic rings. The first-order chi connectivity index (χ1) is 8.63. The molecule has 0 aromatic heterocycles. The molecule has 4 heteroatoms. The van der Waals surface area contributed by atoms with E-state index < -0.39 is 5.97 Å². The van der Waals surface area contributed by atoms with Crippen molar-refractivity contribution in [2.75, 3.05) is 0 Å². The van der Waals surface area contributed by atoms with Crippen LogP contribution >= 0.6 is 11.6 Å². The molecule has 1 aromatic carbocycles. The van der Waals surface area contributed by atoms with Gasteiger partial charge in [0.25, 0.3) is 0 Å². The quantitative estimate of drug-likeness (QED) is 0.849. The van der Waals surface area contributed by atoms with Crippen molar-refractivity contribution < 1.29 is 14.6 Å². The second-order valence-electron chi connectivity index (χ2n) is 4.42. The maximum Gasteiger partial charge on any atom is 0.328 e. The third-order valence-electron chi connectivity index (χ3n) is 3.00. The van der Waals surface area contributed by atoms with Crippen LogP contribution in [0.1, 0.15) is 25.7 Å². The van der Waals surface area contributed by atoms with Gasteiger partial charge in [0, 0.05) is 11.1 Å². The molecule has 3 nitrogen and oxygen atoms in total. The van der Waals surface area contributed by atoms with E-state index in [0.717, 1.165) is 37.0 Å². The lowest BCUT2D eigenvalue weighted by Gasteiger charge is -2.24. The maximum absolute atomic E-state index is 10.6. The van der Waals surface area contributed by atoms with Crippen LogP contribution in [0.4, 0.5) is 0 Å². The van der Waals surface area contributed by atoms with E-state index in [1.54, 1.807) is 6.07 Å². The Balaban J connectivity index is 1.89. The lowest BCUT2D eigenvalue weighted by molar-refractivity contribution is -0.131. The highest BCUT2D eigenvalue weighted by Gasteiger charge is 2.18. The van der Waals surface area contributed by atoms with E-state index in [1.807, 2.05) is 18.2 Å². The number of hydrogen-bond donors (Lipinski definition) is 1. The topological polar surface area (TPSA) is 46.5 Å². The van der Waals surface area contributed by atoms with E-state index in [4.69, 9.17) is 21.4 Å². The number of hydrogen-bond acceptors (Lipinski definition) is 2. The normalized spacial score (nSPS) is 19.4. The zero-order chi connectivity index (χ0) is 13.0. The molecule has 0 aliphatic heterocycles. The molecule has 1 aromatic rings. The summed E-state index contributed by atoms with van der Waals surface area (Å²) in [5, 5.41) is 9.34. The van der Waals surface area contributed by atoms with E-state index in [0.29, 0.717) is 5.02 Å². The summed E-state index contributed by atoms with van der Waals surface area (Å²) in [5.74, 6) is -0.0858. The Kier molecular flexibility index (Phi) is 4.26. The van der Waals surface area contributed by atoms with Crippen LogP contribution in [-0.2, 0) is 4.79 Å². The maximum atomic E-state index is 10.6. The molecule has 96 valence electrons. The highest BCUT2D eigenvalue weighted by molar-refractivity contribution is 6.30. The van der Waals surface area contributed by atoms with Gasteiger partial charge in [-0.15, -0.1) is 0 Å². The molecule has 1 saturated carbocycles. The minimum absolute atomic E-state index is 0.148. The molecule has 1 fully saturated rings. The molecule has 1 aliphatic carbocycles. The smallest absolute Gasteiger partial charge is 0.328 e. The van der Waals surface area contributed by atoms with E-state index in [9.17, 15) is 4.79 Å². The van der Waals surface area contributed by atoms with Crippen molar-refractivity contribution in [3.05, 3.63) is 40.9 Å². The van der Waals surface area contributed by atoms with Gasteiger partial charge in [-0.2, -0.15) is 0 Å². The lowest BCUT2D eigenvalue weighted by Crippen LogP contribution is -2.21. The number of carbonyl (C=O) groups is 1. The van der Waals surface area contributed by atoms with Crippen LogP contribution in [0.2, 0.25) is 5.02 Å². The van der Waals surface area contributed by atoms with E-state index in [2.05, 4.69) is 0 Å². The van der Waals surface area contributed by atoms with Crippen LogP contribution in [0, 0.1) is 0 Å². The summed E-state index contributed by atoms with van der Waals surface area (Å²) < 4.78 is 5.83. The SMILES string of the molecule is O=C(O)C=C1CCC(Oc2cccc(Cl)c2)CC1. The van der Waals surface area contributed by atoms with Crippen molar-refractivity contribution in [3.8, 4) is 5.75 Å². The number of carboxylic acid groups (broad SMARTS) is 1. The fraction of sp³-hybridized carbons (Fsp3) is 0.357. The van der Waals surface area contributed by atoms with Crippen LogP contribution in [0.25, 0.3) is 0 Å². The summed E-state index contributed by atoms with van der Waals surface area (Å²) in [7, 11) is 0. The zero-order valence-electron chi connectivity index (χ0n) is 9.93. The Morgan fingerprint density at radius 3 is 2.72 bits per heavy atom. The van der Waals surface area contributed by atoms with Gasteiger partial charge in [0.15, 0.2) is 0 Å². The molecular weight excluding hydrogens is 252 g/mol. The number of benzene rings is 1. The standard InChI is InChI=1S/C14H15ClO3/c15-11-2-1-3-13(9-11)18-12-6-4-10(5-7-12)8-14(16)17/h1-3,8-9,12H,4-7H2,(H,16,17). The minimum atomic E-state index is -0.862. The average Bonchev–Trinajstić information content (AvgIpc) is 2.31. The van der Waals surface area contributed by atoms with Gasteiger partial charge in [-0.1, -0.05) is 23.2 Å². The summed E-state index contributed by atoms with van der Waals surface area (Å²) in [4.78, 5) is 10.6. The first-order valence-corrected chi connectivity index (χ1v) is 6.36. The monoisotopic (exact) mass is 266 g/mol. The highest BCUT2D eigenvalue weighted by Crippen LogP contribution is 2.28. The Morgan fingerprint density at radius 2 is 2.11 bits per heavy atom. The summed E-state index contributed by atoms with van der Waals surface area (Å²) in [6, 6.07) is 7.35. The van der Waals surface area contributed by atoms with Gasteiger partial charge in [-0.3, -0.25) is 0 Å². The molecule has 0 atom stereocenters. The number of rotatable bonds is 3. The van der Waals surface area contributed by atoms with Crippen molar-refractivity contribution in [3.63, 3.8) is 0 Å². The molecule has 0 heterocycles. The Morgan fingerprint density at radius 1 is 1.39 bits per heavy atom. The van der Waals surface area contributed by atoms with Gasteiger partial charge in [0.05, 0.1) is 6.10 Å². The molecule has 0 spiro atoms. The van der Waals surface area contributed by atoms with E-state index in [-0.39, 0.29) is 6.10 Å². The van der Waals surface area contributed by atoms with Crippen molar-refractivity contribution in [1.29, 1.82) is 0 Å². The largest absolute Gasteiger partial charge is 0.490 e. The van der Waals surface area contributed by atoms with Gasteiger partial charge in [-0.05, 0) is 43.9 Å². The van der Waals surface area contributed by atoms with Gasteiger partial charge in [0.2, 0.25) is 0 Å².